The molecule has 1 amide bonds. The number of carbonyl (C=O) groups is 1. The van der Waals surface area contributed by atoms with Gasteiger partial charge in [0.2, 0.25) is 5.91 Å². The average molecular weight is 550 g/mol. The summed E-state index contributed by atoms with van der Waals surface area (Å²) in [5, 5.41) is 0. The predicted octanol–water partition coefficient (Wildman–Crippen LogP) is 7.70. The van der Waals surface area contributed by atoms with Crippen LogP contribution < -0.4 is 14.4 Å². The highest BCUT2D eigenvalue weighted by molar-refractivity contribution is 6.05. The van der Waals surface area contributed by atoms with Gasteiger partial charge in [-0.25, -0.2) is 0 Å². The summed E-state index contributed by atoms with van der Waals surface area (Å²) in [6.07, 6.45) is 1.04. The molecule has 0 N–H and O–H groups in total. The SMILES string of the molecule is CCN1C(=O)Cc2c1ccc(C)c2-c1c(OCc2ccccc2)cc(CC(C)(C)OC)cc1OCc1ccccc1. The molecule has 4 aromatic carbocycles. The molecule has 0 saturated carbocycles. The van der Waals surface area contributed by atoms with Gasteiger partial charge in [0.25, 0.3) is 0 Å². The van der Waals surface area contributed by atoms with E-state index in [9.17, 15) is 4.79 Å². The molecule has 1 aliphatic rings. The molecule has 41 heavy (non-hydrogen) atoms. The van der Waals surface area contributed by atoms with Gasteiger partial charge in [-0.3, -0.25) is 4.79 Å². The smallest absolute Gasteiger partial charge is 0.231 e. The number of ether oxygens (including phenoxy) is 3. The van der Waals surface area contributed by atoms with Crippen LogP contribution in [-0.4, -0.2) is 25.2 Å². The van der Waals surface area contributed by atoms with Gasteiger partial charge in [0.05, 0.1) is 17.6 Å². The van der Waals surface area contributed by atoms with Crippen LogP contribution in [0.1, 0.15) is 48.6 Å². The average Bonchev–Trinajstić information content (AvgIpc) is 3.31. The van der Waals surface area contributed by atoms with E-state index in [1.54, 1.807) is 7.11 Å². The minimum atomic E-state index is -0.368. The molecule has 0 aromatic heterocycles. The first kappa shape index (κ1) is 28.4. The van der Waals surface area contributed by atoms with Crippen molar-refractivity contribution < 1.29 is 19.0 Å². The largest absolute Gasteiger partial charge is 0.488 e. The van der Waals surface area contributed by atoms with Gasteiger partial charge in [-0.2, -0.15) is 0 Å². The molecular weight excluding hydrogens is 510 g/mol. The zero-order chi connectivity index (χ0) is 29.0. The summed E-state index contributed by atoms with van der Waals surface area (Å²) in [6, 6.07) is 28.7. The molecular formula is C36H39NO4. The van der Waals surface area contributed by atoms with Crippen LogP contribution in [0.15, 0.2) is 84.9 Å². The number of hydrogen-bond acceptors (Lipinski definition) is 4. The monoisotopic (exact) mass is 549 g/mol. The van der Waals surface area contributed by atoms with Crippen molar-refractivity contribution in [3.8, 4) is 22.6 Å². The van der Waals surface area contributed by atoms with Crippen LogP contribution in [0.2, 0.25) is 0 Å². The van der Waals surface area contributed by atoms with E-state index >= 15 is 0 Å². The Morgan fingerprint density at radius 3 is 1.85 bits per heavy atom. The first-order valence-corrected chi connectivity index (χ1v) is 14.3. The maximum atomic E-state index is 13.0. The van der Waals surface area contributed by atoms with E-state index in [1.807, 2.05) is 48.2 Å². The molecule has 5 nitrogen and oxygen atoms in total. The summed E-state index contributed by atoms with van der Waals surface area (Å²) in [5.74, 6) is 1.59. The number of hydrogen-bond donors (Lipinski definition) is 0. The maximum absolute atomic E-state index is 13.0. The van der Waals surface area contributed by atoms with Crippen molar-refractivity contribution >= 4 is 11.6 Å². The highest BCUT2D eigenvalue weighted by Gasteiger charge is 2.32. The van der Waals surface area contributed by atoms with Crippen molar-refractivity contribution in [1.29, 1.82) is 0 Å². The number of carbonyl (C=O) groups excluding carboxylic acids is 1. The van der Waals surface area contributed by atoms with Gasteiger partial charge in [-0.05, 0) is 79.3 Å². The molecule has 0 radical (unpaired) electrons. The Kier molecular flexibility index (Phi) is 8.46. The third kappa shape index (κ3) is 6.31. The second kappa shape index (κ2) is 12.2. The number of anilines is 1. The minimum absolute atomic E-state index is 0.117. The summed E-state index contributed by atoms with van der Waals surface area (Å²) in [6.45, 7) is 9.73. The summed E-state index contributed by atoms with van der Waals surface area (Å²) >= 11 is 0. The Balaban J connectivity index is 1.69. The van der Waals surface area contributed by atoms with E-state index in [0.717, 1.165) is 56.1 Å². The molecule has 1 aliphatic heterocycles. The van der Waals surface area contributed by atoms with Crippen molar-refractivity contribution in [3.63, 3.8) is 0 Å². The Labute approximate surface area is 243 Å². The molecule has 212 valence electrons. The Morgan fingerprint density at radius 2 is 1.34 bits per heavy atom. The van der Waals surface area contributed by atoms with Crippen LogP contribution >= 0.6 is 0 Å². The van der Waals surface area contributed by atoms with Crippen molar-refractivity contribution in [1.82, 2.24) is 0 Å². The first-order valence-electron chi connectivity index (χ1n) is 14.3. The third-order valence-corrected chi connectivity index (χ3v) is 7.77. The molecule has 0 saturated heterocycles. The van der Waals surface area contributed by atoms with Gasteiger partial charge >= 0.3 is 0 Å². The third-order valence-electron chi connectivity index (χ3n) is 7.77. The standard InChI is InChI=1S/C36H39NO4/c1-6-37-30-18-17-25(2)34(29(30)21-33(37)38)35-31(40-23-26-13-9-7-10-14-26)19-28(22-36(3,4)39-5)20-32(35)41-24-27-15-11-8-12-16-27/h7-20H,6,21-24H2,1-5H3. The highest BCUT2D eigenvalue weighted by Crippen LogP contribution is 2.48. The lowest BCUT2D eigenvalue weighted by atomic mass is 9.89. The van der Waals surface area contributed by atoms with Crippen molar-refractivity contribution in [2.24, 2.45) is 0 Å². The molecule has 0 bridgehead atoms. The molecule has 0 unspecified atom stereocenters. The normalized spacial score (nSPS) is 12.9. The number of amides is 1. The summed E-state index contributed by atoms with van der Waals surface area (Å²) in [5.41, 5.74) is 7.81. The number of methoxy groups -OCH3 is 1. The number of fused-ring (bicyclic) bond motifs is 1. The minimum Gasteiger partial charge on any atom is -0.488 e. The van der Waals surface area contributed by atoms with Gasteiger partial charge in [0, 0.05) is 25.8 Å². The lowest BCUT2D eigenvalue weighted by Gasteiger charge is -2.26. The molecule has 0 aliphatic carbocycles. The fourth-order valence-electron chi connectivity index (χ4n) is 5.52. The number of nitrogens with zero attached hydrogens (tertiary/aromatic N) is 1. The van der Waals surface area contributed by atoms with Crippen LogP contribution in [0.5, 0.6) is 11.5 Å². The van der Waals surface area contributed by atoms with Gasteiger partial charge in [0.15, 0.2) is 0 Å². The van der Waals surface area contributed by atoms with Crippen molar-refractivity contribution in [2.75, 3.05) is 18.6 Å². The zero-order valence-corrected chi connectivity index (χ0v) is 24.7. The van der Waals surface area contributed by atoms with Crippen LogP contribution in [0.3, 0.4) is 0 Å². The lowest BCUT2D eigenvalue weighted by molar-refractivity contribution is -0.117. The van der Waals surface area contributed by atoms with Crippen LogP contribution in [0.4, 0.5) is 5.69 Å². The summed E-state index contributed by atoms with van der Waals surface area (Å²) in [7, 11) is 1.74. The van der Waals surface area contributed by atoms with Crippen molar-refractivity contribution in [3.05, 3.63) is 113 Å². The second-order valence-electron chi connectivity index (χ2n) is 11.2. The molecule has 0 spiro atoms. The number of benzene rings is 4. The fraction of sp³-hybridized carbons (Fsp3) is 0.306. The molecule has 5 rings (SSSR count). The number of rotatable bonds is 11. The highest BCUT2D eigenvalue weighted by atomic mass is 16.5. The maximum Gasteiger partial charge on any atom is 0.231 e. The van der Waals surface area contributed by atoms with Gasteiger partial charge in [0.1, 0.15) is 24.7 Å². The van der Waals surface area contributed by atoms with E-state index in [-0.39, 0.29) is 11.5 Å². The lowest BCUT2D eigenvalue weighted by Crippen LogP contribution is -2.25. The van der Waals surface area contributed by atoms with Gasteiger partial charge in [-0.1, -0.05) is 66.7 Å². The van der Waals surface area contributed by atoms with E-state index in [2.05, 4.69) is 69.3 Å². The Hall–Kier alpha value is -4.09. The molecule has 0 fully saturated rings. The first-order chi connectivity index (χ1) is 19.8. The van der Waals surface area contributed by atoms with Crippen LogP contribution in [0, 0.1) is 6.92 Å². The Bertz CT molecular complexity index is 1450. The van der Waals surface area contributed by atoms with Crippen molar-refractivity contribution in [2.45, 2.75) is 59.4 Å². The topological polar surface area (TPSA) is 48.0 Å². The molecule has 5 heteroatoms. The predicted molar refractivity (Wildman–Crippen MR) is 165 cm³/mol. The second-order valence-corrected chi connectivity index (χ2v) is 11.2. The Morgan fingerprint density at radius 1 is 0.780 bits per heavy atom. The van der Waals surface area contributed by atoms with E-state index in [4.69, 9.17) is 14.2 Å². The van der Waals surface area contributed by atoms with Crippen LogP contribution in [-0.2, 0) is 35.6 Å². The van der Waals surface area contributed by atoms with Gasteiger partial charge in [-0.15, -0.1) is 0 Å². The van der Waals surface area contributed by atoms with E-state index in [1.165, 1.54) is 0 Å². The van der Waals surface area contributed by atoms with E-state index in [0.29, 0.717) is 32.6 Å². The molecule has 1 heterocycles. The van der Waals surface area contributed by atoms with E-state index < -0.39 is 0 Å². The van der Waals surface area contributed by atoms with Gasteiger partial charge < -0.3 is 19.1 Å². The summed E-state index contributed by atoms with van der Waals surface area (Å²) in [4.78, 5) is 14.9. The number of aryl methyl sites for hydroxylation is 1. The zero-order valence-electron chi connectivity index (χ0n) is 24.7. The molecule has 0 atom stereocenters. The quantitative estimate of drug-likeness (QED) is 0.192. The fourth-order valence-corrected chi connectivity index (χ4v) is 5.52. The number of likely N-dealkylation sites (N-methyl/N-ethyl adjacent to an activating group) is 1. The summed E-state index contributed by atoms with van der Waals surface area (Å²) < 4.78 is 19.1. The molecule has 4 aromatic rings. The van der Waals surface area contributed by atoms with Crippen LogP contribution in [0.25, 0.3) is 11.1 Å².